The summed E-state index contributed by atoms with van der Waals surface area (Å²) in [6.45, 7) is 1.90. The van der Waals surface area contributed by atoms with E-state index in [2.05, 4.69) is 5.87 Å². The second kappa shape index (κ2) is 6.77. The highest BCUT2D eigenvalue weighted by molar-refractivity contribution is 5.66. The van der Waals surface area contributed by atoms with Gasteiger partial charge in [-0.15, -0.1) is 0 Å². The van der Waals surface area contributed by atoms with Crippen LogP contribution in [0, 0.1) is 39.4 Å². The van der Waals surface area contributed by atoms with Crippen LogP contribution in [0.5, 0.6) is 0 Å². The Balaban J connectivity index is 3.26. The predicted octanol–water partition coefficient (Wildman–Crippen LogP) is 3.09. The average molecular weight is 248 g/mol. The third-order valence-corrected chi connectivity index (χ3v) is 2.99. The predicted molar refractivity (Wildman–Crippen MR) is 70.8 cm³/mol. The highest BCUT2D eigenvalue weighted by atomic mass is 14.3. The third-order valence-electron chi connectivity index (χ3n) is 2.99. The van der Waals surface area contributed by atoms with Gasteiger partial charge in [-0.3, -0.25) is 5.41 Å². The van der Waals surface area contributed by atoms with E-state index in [-0.39, 0.29) is 11.1 Å². The number of nitrogens with zero attached hydrogens (tertiary/aromatic N) is 3. The molecule has 0 heterocycles. The highest BCUT2D eigenvalue weighted by Gasteiger charge is 2.13. The van der Waals surface area contributed by atoms with Crippen molar-refractivity contribution < 1.29 is 0 Å². The molecule has 0 spiro atoms. The lowest BCUT2D eigenvalue weighted by atomic mass is 9.86. The van der Waals surface area contributed by atoms with Crippen molar-refractivity contribution in [3.05, 3.63) is 40.0 Å². The molecule has 1 aliphatic carbocycles. The Morgan fingerprint density at radius 3 is 2.37 bits per heavy atom. The summed E-state index contributed by atoms with van der Waals surface area (Å²) in [5, 5.41) is 33.3. The van der Waals surface area contributed by atoms with Gasteiger partial charge in [0.25, 0.3) is 0 Å². The average Bonchev–Trinajstić information content (AvgIpc) is 2.45. The van der Waals surface area contributed by atoms with Crippen LogP contribution in [0.4, 0.5) is 0 Å². The van der Waals surface area contributed by atoms with Crippen molar-refractivity contribution in [1.29, 1.82) is 21.2 Å². The monoisotopic (exact) mass is 248 g/mol. The molecule has 1 N–H and O–H groups in total. The van der Waals surface area contributed by atoms with Gasteiger partial charge >= 0.3 is 0 Å². The van der Waals surface area contributed by atoms with E-state index in [0.717, 1.165) is 36.0 Å². The van der Waals surface area contributed by atoms with E-state index in [0.29, 0.717) is 0 Å². The molecule has 0 saturated carbocycles. The molecule has 0 aromatic rings. The molecule has 19 heavy (non-hydrogen) atoms. The summed E-state index contributed by atoms with van der Waals surface area (Å²) in [7, 11) is 0. The first-order valence-electron chi connectivity index (χ1n) is 5.78. The molecular weight excluding hydrogens is 236 g/mol. The smallest absolute Gasteiger partial charge is 0.129 e. The van der Waals surface area contributed by atoms with Crippen LogP contribution in [0.2, 0.25) is 0 Å². The summed E-state index contributed by atoms with van der Waals surface area (Å²) in [5.74, 6) is 2.08. The second-order valence-electron chi connectivity index (χ2n) is 4.11. The van der Waals surface area contributed by atoms with Crippen molar-refractivity contribution in [1.82, 2.24) is 0 Å². The van der Waals surface area contributed by atoms with Gasteiger partial charge in [-0.1, -0.05) is 0 Å². The van der Waals surface area contributed by atoms with Crippen LogP contribution in [-0.2, 0) is 0 Å². The minimum atomic E-state index is 0.0821. The first-order chi connectivity index (χ1) is 9.15. The number of nitriles is 3. The Labute approximate surface area is 112 Å². The van der Waals surface area contributed by atoms with E-state index in [1.807, 2.05) is 25.1 Å². The van der Waals surface area contributed by atoms with Gasteiger partial charge in [0.05, 0.1) is 0 Å². The van der Waals surface area contributed by atoms with Crippen LogP contribution in [0.1, 0.15) is 26.2 Å². The number of hydrogen-bond donors (Lipinski definition) is 1. The standard InChI is InChI=1S/C15H12N4/c1-11-14(5-12(7-16)8-17)3-2-4-15(11)6-13(9-18)10-19/h5-6,16H,2-4H2,1H3/b14-5+. The molecule has 0 radical (unpaired) electrons. The Morgan fingerprint density at radius 1 is 1.16 bits per heavy atom. The molecule has 1 rings (SSSR count). The van der Waals surface area contributed by atoms with Gasteiger partial charge in [-0.2, -0.15) is 15.8 Å². The molecule has 0 aromatic carbocycles. The van der Waals surface area contributed by atoms with Gasteiger partial charge in [0, 0.05) is 0 Å². The summed E-state index contributed by atoms with van der Waals surface area (Å²) >= 11 is 0. The van der Waals surface area contributed by atoms with E-state index < -0.39 is 0 Å². The zero-order valence-corrected chi connectivity index (χ0v) is 10.6. The SMILES string of the molecule is CC1=C(C=C(C#N)C#N)CCC/C1=C\C(=C=N)C#N. The molecule has 0 atom stereocenters. The zero-order valence-electron chi connectivity index (χ0n) is 10.6. The first kappa shape index (κ1) is 14.2. The number of allylic oxidation sites excluding steroid dienone is 7. The lowest BCUT2D eigenvalue weighted by molar-refractivity contribution is 0.776. The summed E-state index contributed by atoms with van der Waals surface area (Å²) in [4.78, 5) is 0. The van der Waals surface area contributed by atoms with Gasteiger partial charge in [0.1, 0.15) is 29.4 Å². The maximum atomic E-state index is 8.80. The van der Waals surface area contributed by atoms with Crippen LogP contribution < -0.4 is 0 Å². The van der Waals surface area contributed by atoms with Gasteiger partial charge in [0.2, 0.25) is 0 Å². The van der Waals surface area contributed by atoms with E-state index in [1.54, 1.807) is 12.2 Å². The topological polar surface area (TPSA) is 95.2 Å². The molecule has 1 aliphatic rings. The summed E-state index contributed by atoms with van der Waals surface area (Å²) in [5.41, 5.74) is 3.14. The molecule has 0 aliphatic heterocycles. The maximum absolute atomic E-state index is 8.80. The molecule has 4 heteroatoms. The molecule has 0 aromatic heterocycles. The van der Waals surface area contributed by atoms with Crippen LogP contribution in [0.3, 0.4) is 0 Å². The minimum Gasteiger partial charge on any atom is -0.258 e. The van der Waals surface area contributed by atoms with Crippen molar-refractivity contribution >= 4 is 5.87 Å². The fourth-order valence-electron chi connectivity index (χ4n) is 1.95. The van der Waals surface area contributed by atoms with Crippen molar-refractivity contribution in [3.8, 4) is 18.2 Å². The van der Waals surface area contributed by atoms with Crippen LogP contribution in [0.25, 0.3) is 0 Å². The molecule has 0 amide bonds. The third kappa shape index (κ3) is 3.55. The Kier molecular flexibility index (Phi) is 5.06. The Hall–Kier alpha value is -2.86. The number of nitrogens with one attached hydrogen (secondary N) is 1. The molecular formula is C15H12N4. The zero-order chi connectivity index (χ0) is 14.3. The van der Waals surface area contributed by atoms with Crippen LogP contribution in [0.15, 0.2) is 40.0 Å². The molecule has 0 bridgehead atoms. The first-order valence-corrected chi connectivity index (χ1v) is 5.78. The van der Waals surface area contributed by atoms with E-state index >= 15 is 0 Å². The lowest BCUT2D eigenvalue weighted by Crippen LogP contribution is -2.00. The quantitative estimate of drug-likeness (QED) is 0.600. The number of hydrogen-bond acceptors (Lipinski definition) is 4. The molecule has 92 valence electrons. The van der Waals surface area contributed by atoms with E-state index in [1.165, 1.54) is 0 Å². The van der Waals surface area contributed by atoms with Crippen molar-refractivity contribution in [2.24, 2.45) is 0 Å². The lowest BCUT2D eigenvalue weighted by Gasteiger charge is -2.18. The van der Waals surface area contributed by atoms with Crippen molar-refractivity contribution in [2.75, 3.05) is 0 Å². The fraction of sp³-hybridized carbons (Fsp3) is 0.267. The van der Waals surface area contributed by atoms with Gasteiger partial charge in [0.15, 0.2) is 0 Å². The van der Waals surface area contributed by atoms with E-state index in [9.17, 15) is 0 Å². The largest absolute Gasteiger partial charge is 0.258 e. The van der Waals surface area contributed by atoms with Gasteiger partial charge in [-0.05, 0) is 60.9 Å². The van der Waals surface area contributed by atoms with Crippen molar-refractivity contribution in [2.45, 2.75) is 26.2 Å². The Morgan fingerprint density at radius 2 is 1.84 bits per heavy atom. The minimum absolute atomic E-state index is 0.0821. The summed E-state index contributed by atoms with van der Waals surface area (Å²) in [6, 6.07) is 5.58. The maximum Gasteiger partial charge on any atom is 0.129 e. The molecule has 4 nitrogen and oxygen atoms in total. The molecule has 0 saturated heterocycles. The normalized spacial score (nSPS) is 15.8. The molecule has 0 fully saturated rings. The molecule has 0 unspecified atom stereocenters. The Bertz CT molecular complexity index is 632. The van der Waals surface area contributed by atoms with Crippen LogP contribution in [-0.4, -0.2) is 5.87 Å². The van der Waals surface area contributed by atoms with Crippen LogP contribution >= 0.6 is 0 Å². The van der Waals surface area contributed by atoms with E-state index in [4.69, 9.17) is 21.2 Å². The van der Waals surface area contributed by atoms with Gasteiger partial charge in [-0.25, -0.2) is 0 Å². The van der Waals surface area contributed by atoms with Gasteiger partial charge < -0.3 is 0 Å². The second-order valence-corrected chi connectivity index (χ2v) is 4.11. The summed E-state index contributed by atoms with van der Waals surface area (Å²) < 4.78 is 0. The van der Waals surface area contributed by atoms with Crippen molar-refractivity contribution in [3.63, 3.8) is 0 Å². The number of rotatable bonds is 2. The highest BCUT2D eigenvalue weighted by Crippen LogP contribution is 2.31. The summed E-state index contributed by atoms with van der Waals surface area (Å²) in [6.07, 6.45) is 5.78. The fourth-order valence-corrected chi connectivity index (χ4v) is 1.95.